The first kappa shape index (κ1) is 7.06. The van der Waals surface area contributed by atoms with E-state index < -0.39 is 0 Å². The van der Waals surface area contributed by atoms with Crippen molar-refractivity contribution in [2.75, 3.05) is 0 Å². The van der Waals surface area contributed by atoms with Gasteiger partial charge in [-0.15, -0.1) is 0 Å². The molecule has 0 spiro atoms. The Balaban J connectivity index is 2.42. The van der Waals surface area contributed by atoms with Crippen molar-refractivity contribution in [3.8, 4) is 0 Å². The van der Waals surface area contributed by atoms with Gasteiger partial charge in [0.25, 0.3) is 0 Å². The van der Waals surface area contributed by atoms with Crippen LogP contribution in [0.25, 0.3) is 5.65 Å². The minimum Gasteiger partial charge on any atom is -0.237 e. The van der Waals surface area contributed by atoms with Crippen LogP contribution in [0.3, 0.4) is 0 Å². The summed E-state index contributed by atoms with van der Waals surface area (Å²) >= 11 is 0. The molecule has 0 aliphatic heterocycles. The molecule has 0 saturated carbocycles. The summed E-state index contributed by atoms with van der Waals surface area (Å²) in [4.78, 5) is 4.37. The molecule has 3 rings (SSSR count). The lowest BCUT2D eigenvalue weighted by Crippen LogP contribution is -1.99. The third-order valence-corrected chi connectivity index (χ3v) is 2.65. The summed E-state index contributed by atoms with van der Waals surface area (Å²) in [5.41, 5.74) is 4.76. The zero-order valence-electron chi connectivity index (χ0n) is 7.62. The number of fused-ring (bicyclic) bond motifs is 3. The normalized spacial score (nSPS) is 15.2. The fraction of sp³-hybridized carbons (Fsp3) is 0.400. The van der Waals surface area contributed by atoms with Gasteiger partial charge in [0.1, 0.15) is 0 Å². The van der Waals surface area contributed by atoms with E-state index >= 15 is 0 Å². The number of hydrogen-bond acceptors (Lipinski definition) is 2. The van der Waals surface area contributed by atoms with Crippen molar-refractivity contribution in [3.05, 3.63) is 29.2 Å². The zero-order chi connectivity index (χ0) is 8.84. The molecule has 0 fully saturated rings. The van der Waals surface area contributed by atoms with Crippen molar-refractivity contribution in [2.45, 2.75) is 26.2 Å². The van der Waals surface area contributed by atoms with Gasteiger partial charge < -0.3 is 0 Å². The van der Waals surface area contributed by atoms with Gasteiger partial charge in [0, 0.05) is 18.0 Å². The molecular formula is C10H11N3. The SMILES string of the molecule is Cc1cc2ncc3c(n2n1)CCC3. The van der Waals surface area contributed by atoms with Gasteiger partial charge in [-0.3, -0.25) is 0 Å². The average Bonchev–Trinajstić information content (AvgIpc) is 2.65. The van der Waals surface area contributed by atoms with E-state index in [0.29, 0.717) is 0 Å². The highest BCUT2D eigenvalue weighted by atomic mass is 15.3. The monoisotopic (exact) mass is 173 g/mol. The van der Waals surface area contributed by atoms with Crippen LogP contribution in [0.4, 0.5) is 0 Å². The van der Waals surface area contributed by atoms with Gasteiger partial charge >= 0.3 is 0 Å². The highest BCUT2D eigenvalue weighted by Gasteiger charge is 2.15. The molecule has 3 heteroatoms. The van der Waals surface area contributed by atoms with Crippen LogP contribution in [-0.4, -0.2) is 14.6 Å². The average molecular weight is 173 g/mol. The Hall–Kier alpha value is -1.38. The molecule has 0 radical (unpaired) electrons. The van der Waals surface area contributed by atoms with Crippen molar-refractivity contribution in [2.24, 2.45) is 0 Å². The fourth-order valence-corrected chi connectivity index (χ4v) is 2.05. The fourth-order valence-electron chi connectivity index (χ4n) is 2.05. The largest absolute Gasteiger partial charge is 0.237 e. The molecule has 0 saturated heterocycles. The Morgan fingerprint density at radius 2 is 2.31 bits per heavy atom. The highest BCUT2D eigenvalue weighted by Crippen LogP contribution is 2.21. The number of aromatic nitrogens is 3. The van der Waals surface area contributed by atoms with Crippen LogP contribution < -0.4 is 0 Å². The molecule has 0 unspecified atom stereocenters. The molecular weight excluding hydrogens is 162 g/mol. The summed E-state index contributed by atoms with van der Waals surface area (Å²) < 4.78 is 2.00. The van der Waals surface area contributed by atoms with Crippen LogP contribution in [0.2, 0.25) is 0 Å². The lowest BCUT2D eigenvalue weighted by atomic mass is 10.3. The molecule has 0 bridgehead atoms. The van der Waals surface area contributed by atoms with E-state index in [1.165, 1.54) is 17.7 Å². The Kier molecular flexibility index (Phi) is 1.26. The minimum absolute atomic E-state index is 0.984. The lowest BCUT2D eigenvalue weighted by Gasteiger charge is -2.00. The molecule has 0 atom stereocenters. The molecule has 1 aliphatic carbocycles. The molecule has 0 N–H and O–H groups in total. The van der Waals surface area contributed by atoms with E-state index in [1.54, 1.807) is 0 Å². The minimum atomic E-state index is 0.984. The van der Waals surface area contributed by atoms with E-state index in [1.807, 2.05) is 23.7 Å². The first-order chi connectivity index (χ1) is 6.34. The van der Waals surface area contributed by atoms with E-state index in [-0.39, 0.29) is 0 Å². The second-order valence-electron chi connectivity index (χ2n) is 3.64. The van der Waals surface area contributed by atoms with Crippen molar-refractivity contribution < 1.29 is 0 Å². The smallest absolute Gasteiger partial charge is 0.155 e. The highest BCUT2D eigenvalue weighted by molar-refractivity contribution is 5.42. The van der Waals surface area contributed by atoms with Crippen molar-refractivity contribution in [1.29, 1.82) is 0 Å². The zero-order valence-corrected chi connectivity index (χ0v) is 7.62. The van der Waals surface area contributed by atoms with E-state index in [9.17, 15) is 0 Å². The Labute approximate surface area is 76.4 Å². The maximum Gasteiger partial charge on any atom is 0.155 e. The number of rotatable bonds is 0. The summed E-state index contributed by atoms with van der Waals surface area (Å²) in [5.74, 6) is 0. The summed E-state index contributed by atoms with van der Waals surface area (Å²) in [5, 5.41) is 4.44. The maximum absolute atomic E-state index is 4.44. The van der Waals surface area contributed by atoms with Crippen LogP contribution in [0.5, 0.6) is 0 Å². The van der Waals surface area contributed by atoms with Crippen molar-refractivity contribution in [3.63, 3.8) is 0 Å². The summed E-state index contributed by atoms with van der Waals surface area (Å²) in [7, 11) is 0. The second-order valence-corrected chi connectivity index (χ2v) is 3.64. The van der Waals surface area contributed by atoms with Crippen molar-refractivity contribution >= 4 is 5.65 Å². The molecule has 66 valence electrons. The van der Waals surface area contributed by atoms with E-state index in [2.05, 4.69) is 10.1 Å². The van der Waals surface area contributed by atoms with Crippen LogP contribution in [0.15, 0.2) is 12.3 Å². The number of aryl methyl sites for hydroxylation is 3. The van der Waals surface area contributed by atoms with Gasteiger partial charge in [-0.2, -0.15) is 5.10 Å². The number of nitrogens with zero attached hydrogens (tertiary/aromatic N) is 3. The van der Waals surface area contributed by atoms with Gasteiger partial charge in [-0.25, -0.2) is 9.50 Å². The van der Waals surface area contributed by atoms with Crippen LogP contribution >= 0.6 is 0 Å². The third kappa shape index (κ3) is 0.899. The second kappa shape index (κ2) is 2.31. The molecule has 0 aromatic carbocycles. The Morgan fingerprint density at radius 3 is 3.23 bits per heavy atom. The standard InChI is InChI=1S/C10H11N3/c1-7-5-10-11-6-8-3-2-4-9(8)13(10)12-7/h5-6H,2-4H2,1H3. The van der Waals surface area contributed by atoms with Gasteiger partial charge in [-0.1, -0.05) is 0 Å². The Morgan fingerprint density at radius 1 is 1.38 bits per heavy atom. The summed E-state index contributed by atoms with van der Waals surface area (Å²) in [6.45, 7) is 2.01. The van der Waals surface area contributed by atoms with Crippen LogP contribution in [-0.2, 0) is 12.8 Å². The van der Waals surface area contributed by atoms with E-state index in [0.717, 1.165) is 24.2 Å². The molecule has 2 heterocycles. The predicted octanol–water partition coefficient (Wildman–Crippen LogP) is 1.53. The quantitative estimate of drug-likeness (QED) is 0.604. The molecule has 1 aliphatic rings. The molecule has 13 heavy (non-hydrogen) atoms. The van der Waals surface area contributed by atoms with Crippen LogP contribution in [0.1, 0.15) is 23.4 Å². The Bertz CT molecular complexity index is 470. The molecule has 2 aromatic rings. The van der Waals surface area contributed by atoms with Gasteiger partial charge in [0.15, 0.2) is 5.65 Å². The molecule has 3 nitrogen and oxygen atoms in total. The van der Waals surface area contributed by atoms with Crippen LogP contribution in [0, 0.1) is 6.92 Å². The van der Waals surface area contributed by atoms with Crippen molar-refractivity contribution in [1.82, 2.24) is 14.6 Å². The first-order valence-electron chi connectivity index (χ1n) is 4.68. The summed E-state index contributed by atoms with van der Waals surface area (Å²) in [6, 6.07) is 2.03. The topological polar surface area (TPSA) is 30.2 Å². The van der Waals surface area contributed by atoms with E-state index in [4.69, 9.17) is 0 Å². The molecule has 2 aromatic heterocycles. The van der Waals surface area contributed by atoms with Gasteiger partial charge in [0.05, 0.1) is 5.69 Å². The predicted molar refractivity (Wildman–Crippen MR) is 49.7 cm³/mol. The third-order valence-electron chi connectivity index (χ3n) is 2.65. The maximum atomic E-state index is 4.44. The lowest BCUT2D eigenvalue weighted by molar-refractivity contribution is 0.827. The molecule has 0 amide bonds. The van der Waals surface area contributed by atoms with Gasteiger partial charge in [0.2, 0.25) is 0 Å². The first-order valence-corrected chi connectivity index (χ1v) is 4.68. The summed E-state index contributed by atoms with van der Waals surface area (Å²) in [6.07, 6.45) is 5.56. The number of hydrogen-bond donors (Lipinski definition) is 0. The van der Waals surface area contributed by atoms with Gasteiger partial charge in [-0.05, 0) is 31.7 Å².